The van der Waals surface area contributed by atoms with Crippen molar-refractivity contribution < 1.29 is 4.79 Å². The molecular weight excluding hydrogens is 198 g/mol. The standard InChI is InChI=1S/C14H17NO/c1-12(16)15-11-5-8-14(15)10-9-13-6-3-2-4-7-13/h2-4,6-7,9-10,14H,5,8,11H2,1H3/b10-9+. The number of benzene rings is 1. The molecular formula is C14H17NO. The number of hydrogen-bond donors (Lipinski definition) is 0. The molecule has 1 aromatic carbocycles. The molecule has 1 aromatic rings. The maximum absolute atomic E-state index is 11.4. The minimum absolute atomic E-state index is 0.181. The predicted octanol–water partition coefficient (Wildman–Crippen LogP) is 2.71. The summed E-state index contributed by atoms with van der Waals surface area (Å²) in [6, 6.07) is 10.5. The lowest BCUT2D eigenvalue weighted by atomic mass is 10.1. The monoisotopic (exact) mass is 215 g/mol. The van der Waals surface area contributed by atoms with Gasteiger partial charge in [0.2, 0.25) is 5.91 Å². The van der Waals surface area contributed by atoms with Crippen molar-refractivity contribution in [2.75, 3.05) is 6.54 Å². The first-order valence-electron chi connectivity index (χ1n) is 5.78. The van der Waals surface area contributed by atoms with Crippen LogP contribution in [0.25, 0.3) is 6.08 Å². The molecule has 2 nitrogen and oxygen atoms in total. The number of carbonyl (C=O) groups excluding carboxylic acids is 1. The first kappa shape index (κ1) is 10.9. The normalized spacial score (nSPS) is 20.6. The van der Waals surface area contributed by atoms with Gasteiger partial charge in [-0.25, -0.2) is 0 Å². The number of nitrogens with zero attached hydrogens (tertiary/aromatic N) is 1. The lowest BCUT2D eigenvalue weighted by Crippen LogP contribution is -2.32. The van der Waals surface area contributed by atoms with Gasteiger partial charge in [0, 0.05) is 13.5 Å². The van der Waals surface area contributed by atoms with Gasteiger partial charge >= 0.3 is 0 Å². The van der Waals surface area contributed by atoms with Gasteiger partial charge in [0.05, 0.1) is 6.04 Å². The number of likely N-dealkylation sites (tertiary alicyclic amines) is 1. The molecule has 0 saturated carbocycles. The fourth-order valence-electron chi connectivity index (χ4n) is 2.17. The fourth-order valence-corrected chi connectivity index (χ4v) is 2.17. The zero-order chi connectivity index (χ0) is 11.4. The SMILES string of the molecule is CC(=O)N1CCCC1/C=C/c1ccccc1. The second-order valence-electron chi connectivity index (χ2n) is 4.19. The van der Waals surface area contributed by atoms with Crippen molar-refractivity contribution in [1.82, 2.24) is 4.90 Å². The predicted molar refractivity (Wildman–Crippen MR) is 65.9 cm³/mol. The van der Waals surface area contributed by atoms with Crippen LogP contribution >= 0.6 is 0 Å². The molecule has 1 atom stereocenters. The minimum atomic E-state index is 0.181. The van der Waals surface area contributed by atoms with Gasteiger partial charge in [-0.05, 0) is 18.4 Å². The molecule has 1 amide bonds. The summed E-state index contributed by atoms with van der Waals surface area (Å²) >= 11 is 0. The first-order chi connectivity index (χ1) is 7.77. The molecule has 0 radical (unpaired) electrons. The van der Waals surface area contributed by atoms with Crippen molar-refractivity contribution >= 4 is 12.0 Å². The van der Waals surface area contributed by atoms with Crippen LogP contribution in [0.2, 0.25) is 0 Å². The van der Waals surface area contributed by atoms with E-state index in [2.05, 4.69) is 24.3 Å². The minimum Gasteiger partial charge on any atom is -0.336 e. The molecule has 0 aromatic heterocycles. The van der Waals surface area contributed by atoms with Crippen molar-refractivity contribution in [2.24, 2.45) is 0 Å². The summed E-state index contributed by atoms with van der Waals surface area (Å²) in [6.45, 7) is 2.55. The largest absolute Gasteiger partial charge is 0.336 e. The number of hydrogen-bond acceptors (Lipinski definition) is 1. The molecule has 1 fully saturated rings. The van der Waals surface area contributed by atoms with Crippen LogP contribution in [0.1, 0.15) is 25.3 Å². The van der Waals surface area contributed by atoms with E-state index in [1.807, 2.05) is 23.1 Å². The van der Waals surface area contributed by atoms with Crippen molar-refractivity contribution in [3.8, 4) is 0 Å². The maximum Gasteiger partial charge on any atom is 0.219 e. The third-order valence-electron chi connectivity index (χ3n) is 3.01. The van der Waals surface area contributed by atoms with Gasteiger partial charge in [0.1, 0.15) is 0 Å². The van der Waals surface area contributed by atoms with E-state index >= 15 is 0 Å². The van der Waals surface area contributed by atoms with E-state index < -0.39 is 0 Å². The summed E-state index contributed by atoms with van der Waals surface area (Å²) in [6.07, 6.45) is 6.45. The number of amides is 1. The van der Waals surface area contributed by atoms with Crippen LogP contribution in [-0.4, -0.2) is 23.4 Å². The molecule has 0 N–H and O–H groups in total. The number of carbonyl (C=O) groups is 1. The highest BCUT2D eigenvalue weighted by Crippen LogP contribution is 2.19. The highest BCUT2D eigenvalue weighted by Gasteiger charge is 2.23. The molecule has 2 rings (SSSR count). The summed E-state index contributed by atoms with van der Waals surface area (Å²) in [5.41, 5.74) is 1.19. The van der Waals surface area contributed by atoms with Gasteiger partial charge in [-0.15, -0.1) is 0 Å². The lowest BCUT2D eigenvalue weighted by Gasteiger charge is -2.20. The van der Waals surface area contributed by atoms with E-state index in [9.17, 15) is 4.79 Å². The van der Waals surface area contributed by atoms with E-state index in [1.165, 1.54) is 5.56 Å². The molecule has 2 heteroatoms. The van der Waals surface area contributed by atoms with E-state index in [4.69, 9.17) is 0 Å². The first-order valence-corrected chi connectivity index (χ1v) is 5.78. The molecule has 1 saturated heterocycles. The van der Waals surface area contributed by atoms with Gasteiger partial charge in [0.25, 0.3) is 0 Å². The van der Waals surface area contributed by atoms with E-state index in [0.29, 0.717) is 0 Å². The van der Waals surface area contributed by atoms with Crippen molar-refractivity contribution in [1.29, 1.82) is 0 Å². The summed E-state index contributed by atoms with van der Waals surface area (Å²) in [4.78, 5) is 13.3. The Kier molecular flexibility index (Phi) is 3.40. The Morgan fingerprint density at radius 2 is 2.12 bits per heavy atom. The Balaban J connectivity index is 2.04. The van der Waals surface area contributed by atoms with Gasteiger partial charge in [0.15, 0.2) is 0 Å². The smallest absolute Gasteiger partial charge is 0.219 e. The second-order valence-corrected chi connectivity index (χ2v) is 4.19. The van der Waals surface area contributed by atoms with Crippen LogP contribution in [-0.2, 0) is 4.79 Å². The summed E-state index contributed by atoms with van der Waals surface area (Å²) in [7, 11) is 0. The summed E-state index contributed by atoms with van der Waals surface area (Å²) < 4.78 is 0. The Labute approximate surface area is 96.6 Å². The molecule has 1 unspecified atom stereocenters. The molecule has 0 bridgehead atoms. The second kappa shape index (κ2) is 4.97. The zero-order valence-corrected chi connectivity index (χ0v) is 9.60. The quantitative estimate of drug-likeness (QED) is 0.742. The molecule has 84 valence electrons. The highest BCUT2D eigenvalue weighted by atomic mass is 16.2. The lowest BCUT2D eigenvalue weighted by molar-refractivity contribution is -0.128. The summed E-state index contributed by atoms with van der Waals surface area (Å²) in [5.74, 6) is 0.181. The van der Waals surface area contributed by atoms with E-state index in [-0.39, 0.29) is 11.9 Å². The Hall–Kier alpha value is -1.57. The Bertz CT molecular complexity index is 383. The van der Waals surface area contributed by atoms with Crippen LogP contribution in [0.15, 0.2) is 36.4 Å². The molecule has 0 aliphatic carbocycles. The molecule has 16 heavy (non-hydrogen) atoms. The topological polar surface area (TPSA) is 20.3 Å². The summed E-state index contributed by atoms with van der Waals surface area (Å²) in [5, 5.41) is 0. The van der Waals surface area contributed by atoms with E-state index in [0.717, 1.165) is 19.4 Å². The van der Waals surface area contributed by atoms with Gasteiger partial charge in [-0.3, -0.25) is 4.79 Å². The average Bonchev–Trinajstić information content (AvgIpc) is 2.76. The fraction of sp³-hybridized carbons (Fsp3) is 0.357. The van der Waals surface area contributed by atoms with Crippen molar-refractivity contribution in [2.45, 2.75) is 25.8 Å². The van der Waals surface area contributed by atoms with Crippen LogP contribution in [0.3, 0.4) is 0 Å². The molecule has 1 heterocycles. The number of rotatable bonds is 2. The average molecular weight is 215 g/mol. The van der Waals surface area contributed by atoms with Crippen molar-refractivity contribution in [3.05, 3.63) is 42.0 Å². The van der Waals surface area contributed by atoms with E-state index in [1.54, 1.807) is 6.92 Å². The van der Waals surface area contributed by atoms with Crippen LogP contribution in [0.4, 0.5) is 0 Å². The zero-order valence-electron chi connectivity index (χ0n) is 9.60. The van der Waals surface area contributed by atoms with Crippen molar-refractivity contribution in [3.63, 3.8) is 0 Å². The Morgan fingerprint density at radius 3 is 2.81 bits per heavy atom. The molecule has 0 spiro atoms. The Morgan fingerprint density at radius 1 is 1.38 bits per heavy atom. The molecule has 1 aliphatic rings. The molecule has 1 aliphatic heterocycles. The van der Waals surface area contributed by atoms with Gasteiger partial charge in [-0.1, -0.05) is 42.5 Å². The third-order valence-corrected chi connectivity index (χ3v) is 3.01. The van der Waals surface area contributed by atoms with Gasteiger partial charge in [-0.2, -0.15) is 0 Å². The van der Waals surface area contributed by atoms with Crippen LogP contribution < -0.4 is 0 Å². The maximum atomic E-state index is 11.4. The van der Waals surface area contributed by atoms with Crippen LogP contribution in [0.5, 0.6) is 0 Å². The van der Waals surface area contributed by atoms with Crippen LogP contribution in [0, 0.1) is 0 Å². The third kappa shape index (κ3) is 2.51. The highest BCUT2D eigenvalue weighted by molar-refractivity contribution is 5.74. The van der Waals surface area contributed by atoms with Gasteiger partial charge < -0.3 is 4.90 Å².